The Morgan fingerprint density at radius 2 is 2.07 bits per heavy atom. The SMILES string of the molecule is O=C(NC(CCc1nnn[nH]1)c1nc2cc(Cl)ccc2[nH]1)OCc1ccccc1. The van der Waals surface area contributed by atoms with Gasteiger partial charge in [-0.05, 0) is 40.6 Å². The van der Waals surface area contributed by atoms with Gasteiger partial charge in [-0.15, -0.1) is 5.10 Å². The van der Waals surface area contributed by atoms with Crippen LogP contribution in [0.25, 0.3) is 11.0 Å². The van der Waals surface area contributed by atoms with E-state index in [0.29, 0.717) is 29.5 Å². The van der Waals surface area contributed by atoms with Crippen molar-refractivity contribution < 1.29 is 9.53 Å². The first-order chi connectivity index (χ1) is 14.2. The zero-order chi connectivity index (χ0) is 20.1. The number of halogens is 1. The first-order valence-corrected chi connectivity index (χ1v) is 9.40. The van der Waals surface area contributed by atoms with Crippen molar-refractivity contribution in [1.82, 2.24) is 35.9 Å². The molecule has 4 rings (SSSR count). The van der Waals surface area contributed by atoms with Gasteiger partial charge in [0.2, 0.25) is 0 Å². The van der Waals surface area contributed by atoms with Crippen molar-refractivity contribution in [2.24, 2.45) is 0 Å². The number of tetrazole rings is 1. The van der Waals surface area contributed by atoms with Gasteiger partial charge in [-0.25, -0.2) is 14.9 Å². The lowest BCUT2D eigenvalue weighted by molar-refractivity contribution is 0.134. The van der Waals surface area contributed by atoms with Crippen LogP contribution in [0.15, 0.2) is 48.5 Å². The Morgan fingerprint density at radius 3 is 2.86 bits per heavy atom. The molecule has 1 unspecified atom stereocenters. The quantitative estimate of drug-likeness (QED) is 0.429. The van der Waals surface area contributed by atoms with E-state index < -0.39 is 12.1 Å². The molecule has 0 radical (unpaired) electrons. The summed E-state index contributed by atoms with van der Waals surface area (Å²) in [5.74, 6) is 1.22. The summed E-state index contributed by atoms with van der Waals surface area (Å²) < 4.78 is 5.35. The summed E-state index contributed by atoms with van der Waals surface area (Å²) in [6, 6.07) is 14.5. The number of aryl methyl sites for hydroxylation is 1. The number of hydrogen-bond acceptors (Lipinski definition) is 6. The monoisotopic (exact) mass is 411 g/mol. The summed E-state index contributed by atoms with van der Waals surface area (Å²) in [5.41, 5.74) is 2.46. The predicted octanol–water partition coefficient (Wildman–Crippen LogP) is 3.33. The molecule has 2 aromatic heterocycles. The standard InChI is InChI=1S/C19H18ClN7O2/c20-13-6-7-14-16(10-13)22-18(21-14)15(8-9-17-24-26-27-25-17)23-19(28)29-11-12-4-2-1-3-5-12/h1-7,10,15H,8-9,11H2,(H,21,22)(H,23,28)(H,24,25,26,27). The highest BCUT2D eigenvalue weighted by Crippen LogP contribution is 2.22. The molecule has 2 heterocycles. The van der Waals surface area contributed by atoms with Gasteiger partial charge in [0.1, 0.15) is 18.3 Å². The number of aromatic amines is 2. The molecular formula is C19H18ClN7O2. The van der Waals surface area contributed by atoms with Gasteiger partial charge < -0.3 is 15.0 Å². The molecule has 9 nitrogen and oxygen atoms in total. The minimum absolute atomic E-state index is 0.182. The second-order valence-corrected chi connectivity index (χ2v) is 6.87. The van der Waals surface area contributed by atoms with Gasteiger partial charge in [-0.2, -0.15) is 0 Å². The summed E-state index contributed by atoms with van der Waals surface area (Å²) in [4.78, 5) is 20.2. The van der Waals surface area contributed by atoms with Crippen LogP contribution in [0, 0.1) is 0 Å². The summed E-state index contributed by atoms with van der Waals surface area (Å²) in [6.07, 6.45) is 0.507. The summed E-state index contributed by atoms with van der Waals surface area (Å²) in [7, 11) is 0. The number of H-pyrrole nitrogens is 2. The van der Waals surface area contributed by atoms with Crippen LogP contribution >= 0.6 is 11.6 Å². The van der Waals surface area contributed by atoms with Crippen LogP contribution in [0.2, 0.25) is 5.02 Å². The molecule has 2 aromatic carbocycles. The Hall–Kier alpha value is -3.46. The van der Waals surface area contributed by atoms with Crippen molar-refractivity contribution in [3.63, 3.8) is 0 Å². The van der Waals surface area contributed by atoms with E-state index in [9.17, 15) is 4.79 Å². The molecule has 0 bridgehead atoms. The van der Waals surface area contributed by atoms with E-state index >= 15 is 0 Å². The molecule has 0 saturated carbocycles. The van der Waals surface area contributed by atoms with Crippen molar-refractivity contribution in [3.8, 4) is 0 Å². The highest BCUT2D eigenvalue weighted by Gasteiger charge is 2.20. The number of carbonyl (C=O) groups excluding carboxylic acids is 1. The number of nitrogens with zero attached hydrogens (tertiary/aromatic N) is 4. The molecular weight excluding hydrogens is 394 g/mol. The minimum Gasteiger partial charge on any atom is -0.445 e. The first-order valence-electron chi connectivity index (χ1n) is 9.02. The lowest BCUT2D eigenvalue weighted by Gasteiger charge is -2.16. The number of aromatic nitrogens is 6. The number of rotatable bonds is 7. The van der Waals surface area contributed by atoms with Gasteiger partial charge in [0, 0.05) is 11.4 Å². The number of carbonyl (C=O) groups is 1. The van der Waals surface area contributed by atoms with Crippen LogP contribution in [0.1, 0.15) is 29.7 Å². The molecule has 0 fully saturated rings. The fourth-order valence-electron chi connectivity index (χ4n) is 2.91. The molecule has 0 spiro atoms. The number of ether oxygens (including phenoxy) is 1. The Kier molecular flexibility index (Phi) is 5.66. The van der Waals surface area contributed by atoms with E-state index in [1.165, 1.54) is 0 Å². The molecule has 0 aliphatic heterocycles. The number of alkyl carbamates (subject to hydrolysis) is 1. The van der Waals surface area contributed by atoms with Crippen molar-refractivity contribution in [3.05, 3.63) is 70.8 Å². The highest BCUT2D eigenvalue weighted by atomic mass is 35.5. The van der Waals surface area contributed by atoms with E-state index in [2.05, 4.69) is 35.9 Å². The molecule has 3 N–H and O–H groups in total. The Morgan fingerprint density at radius 1 is 1.21 bits per heavy atom. The number of imidazole rings is 1. The average molecular weight is 412 g/mol. The third kappa shape index (κ3) is 4.88. The maximum absolute atomic E-state index is 12.4. The average Bonchev–Trinajstić information content (AvgIpc) is 3.39. The van der Waals surface area contributed by atoms with E-state index in [0.717, 1.165) is 16.6 Å². The van der Waals surface area contributed by atoms with Crippen molar-refractivity contribution in [2.75, 3.05) is 0 Å². The third-order valence-electron chi connectivity index (χ3n) is 4.36. The molecule has 0 saturated heterocycles. The molecule has 4 aromatic rings. The largest absolute Gasteiger partial charge is 0.445 e. The van der Waals surface area contributed by atoms with Gasteiger partial charge in [-0.3, -0.25) is 0 Å². The van der Waals surface area contributed by atoms with E-state index in [4.69, 9.17) is 16.3 Å². The fraction of sp³-hybridized carbons (Fsp3) is 0.211. The van der Waals surface area contributed by atoms with Gasteiger partial charge in [-0.1, -0.05) is 41.9 Å². The number of hydrogen-bond donors (Lipinski definition) is 3. The topological polar surface area (TPSA) is 121 Å². The minimum atomic E-state index is -0.534. The van der Waals surface area contributed by atoms with Crippen LogP contribution in [-0.2, 0) is 17.8 Å². The van der Waals surface area contributed by atoms with Gasteiger partial charge >= 0.3 is 6.09 Å². The molecule has 1 amide bonds. The highest BCUT2D eigenvalue weighted by molar-refractivity contribution is 6.31. The van der Waals surface area contributed by atoms with Crippen LogP contribution < -0.4 is 5.32 Å². The molecule has 0 aliphatic rings. The van der Waals surface area contributed by atoms with Gasteiger partial charge in [0.15, 0.2) is 0 Å². The smallest absolute Gasteiger partial charge is 0.408 e. The lowest BCUT2D eigenvalue weighted by atomic mass is 10.1. The van der Waals surface area contributed by atoms with Crippen LogP contribution in [0.4, 0.5) is 4.79 Å². The Labute approximate surface area is 170 Å². The zero-order valence-electron chi connectivity index (χ0n) is 15.3. The molecule has 148 valence electrons. The molecule has 1 atom stereocenters. The van der Waals surface area contributed by atoms with Crippen LogP contribution in [-0.4, -0.2) is 36.7 Å². The summed E-state index contributed by atoms with van der Waals surface area (Å²) in [5, 5.41) is 17.2. The normalized spacial score (nSPS) is 12.0. The van der Waals surface area contributed by atoms with Crippen LogP contribution in [0.5, 0.6) is 0 Å². The molecule has 29 heavy (non-hydrogen) atoms. The van der Waals surface area contributed by atoms with Gasteiger partial charge in [0.05, 0.1) is 17.1 Å². The van der Waals surface area contributed by atoms with E-state index in [1.54, 1.807) is 12.1 Å². The molecule has 10 heteroatoms. The fourth-order valence-corrected chi connectivity index (χ4v) is 3.08. The summed E-state index contributed by atoms with van der Waals surface area (Å²) >= 11 is 6.05. The van der Waals surface area contributed by atoms with Gasteiger partial charge in [0.25, 0.3) is 0 Å². The van der Waals surface area contributed by atoms with E-state index in [1.807, 2.05) is 36.4 Å². The third-order valence-corrected chi connectivity index (χ3v) is 4.59. The maximum Gasteiger partial charge on any atom is 0.408 e. The zero-order valence-corrected chi connectivity index (χ0v) is 16.1. The van der Waals surface area contributed by atoms with E-state index in [-0.39, 0.29) is 6.61 Å². The second-order valence-electron chi connectivity index (χ2n) is 6.43. The second kappa shape index (κ2) is 8.70. The number of fused-ring (bicyclic) bond motifs is 1. The number of nitrogens with one attached hydrogen (secondary N) is 3. The molecule has 0 aliphatic carbocycles. The summed E-state index contributed by atoms with van der Waals surface area (Å²) in [6.45, 7) is 0.182. The Balaban J connectivity index is 1.48. The predicted molar refractivity (Wildman–Crippen MR) is 106 cm³/mol. The Bertz CT molecular complexity index is 1080. The number of benzene rings is 2. The van der Waals surface area contributed by atoms with Crippen molar-refractivity contribution >= 4 is 28.7 Å². The van der Waals surface area contributed by atoms with Crippen molar-refractivity contribution in [2.45, 2.75) is 25.5 Å². The number of amides is 1. The van der Waals surface area contributed by atoms with Crippen molar-refractivity contribution in [1.29, 1.82) is 0 Å². The lowest BCUT2D eigenvalue weighted by Crippen LogP contribution is -2.30. The van der Waals surface area contributed by atoms with Crippen LogP contribution in [0.3, 0.4) is 0 Å². The maximum atomic E-state index is 12.4. The first kappa shape index (κ1) is 18.9.